The molecule has 34 heavy (non-hydrogen) atoms. The molecule has 0 aliphatic carbocycles. The summed E-state index contributed by atoms with van der Waals surface area (Å²) >= 11 is 0. The summed E-state index contributed by atoms with van der Waals surface area (Å²) in [5, 5.41) is 12.6. The normalized spacial score (nSPS) is 18.3. The van der Waals surface area contributed by atoms with Crippen LogP contribution in [0, 0.1) is 0 Å². The van der Waals surface area contributed by atoms with E-state index in [1.165, 1.54) is 14.2 Å². The summed E-state index contributed by atoms with van der Waals surface area (Å²) in [5.41, 5.74) is -0.607. The van der Waals surface area contributed by atoms with Gasteiger partial charge in [-0.25, -0.2) is 4.79 Å². The third-order valence-corrected chi connectivity index (χ3v) is 5.83. The van der Waals surface area contributed by atoms with E-state index in [-0.39, 0.29) is 29.1 Å². The first-order valence-corrected chi connectivity index (χ1v) is 10.5. The average Bonchev–Trinajstić information content (AvgIpc) is 3.31. The van der Waals surface area contributed by atoms with Gasteiger partial charge >= 0.3 is 5.97 Å². The molecule has 3 aromatic carbocycles. The van der Waals surface area contributed by atoms with Crippen molar-refractivity contribution in [2.45, 2.75) is 12.3 Å². The van der Waals surface area contributed by atoms with Crippen LogP contribution in [0.1, 0.15) is 27.0 Å². The largest absolute Gasteiger partial charge is 0.493 e. The Bertz CT molecular complexity index is 1320. The molecule has 8 nitrogen and oxygen atoms in total. The van der Waals surface area contributed by atoms with Crippen LogP contribution in [0.4, 0.5) is 0 Å². The van der Waals surface area contributed by atoms with Crippen molar-refractivity contribution in [3.05, 3.63) is 101 Å². The van der Waals surface area contributed by atoms with E-state index in [9.17, 15) is 14.7 Å². The number of ether oxygens (including phenoxy) is 3. The molecular weight excluding hydrogens is 438 g/mol. The van der Waals surface area contributed by atoms with Crippen LogP contribution in [0.2, 0.25) is 0 Å². The highest BCUT2D eigenvalue weighted by atomic mass is 16.7. The molecule has 0 radical (unpaired) electrons. The maximum Gasteiger partial charge on any atom is 0.343 e. The molecule has 3 aromatic rings. The fraction of sp³-hybridized carbons (Fsp3) is 0.154. The molecule has 0 fully saturated rings. The number of benzene rings is 3. The predicted octanol–water partition coefficient (Wildman–Crippen LogP) is 3.40. The van der Waals surface area contributed by atoms with E-state index in [1.54, 1.807) is 66.7 Å². The fourth-order valence-corrected chi connectivity index (χ4v) is 4.19. The number of esters is 1. The summed E-state index contributed by atoms with van der Waals surface area (Å²) < 4.78 is 16.1. The molecule has 0 saturated carbocycles. The Kier molecular flexibility index (Phi) is 5.22. The number of aliphatic hydroxyl groups is 1. The highest BCUT2D eigenvalue weighted by molar-refractivity contribution is 6.07. The van der Waals surface area contributed by atoms with E-state index < -0.39 is 17.6 Å². The summed E-state index contributed by atoms with van der Waals surface area (Å²) in [6, 6.07) is 20.4. The zero-order chi connectivity index (χ0) is 23.9. The maximum absolute atomic E-state index is 13.4. The number of hydrogen-bond acceptors (Lipinski definition) is 7. The van der Waals surface area contributed by atoms with Crippen LogP contribution < -0.4 is 9.47 Å². The summed E-state index contributed by atoms with van der Waals surface area (Å²) in [6.45, 7) is -0.101. The maximum atomic E-state index is 13.4. The molecule has 5 rings (SSSR count). The minimum atomic E-state index is -2.12. The highest BCUT2D eigenvalue weighted by Crippen LogP contribution is 2.51. The lowest BCUT2D eigenvalue weighted by Crippen LogP contribution is -2.42. The molecule has 0 spiro atoms. The minimum absolute atomic E-state index is 0.0586. The van der Waals surface area contributed by atoms with Crippen molar-refractivity contribution in [1.82, 2.24) is 5.06 Å². The van der Waals surface area contributed by atoms with Gasteiger partial charge in [-0.15, -0.1) is 5.06 Å². The summed E-state index contributed by atoms with van der Waals surface area (Å²) in [7, 11) is 3.04. The monoisotopic (exact) mass is 459 g/mol. The lowest BCUT2D eigenvalue weighted by atomic mass is 9.92. The van der Waals surface area contributed by atoms with Crippen LogP contribution in [0.25, 0.3) is 5.76 Å². The molecule has 1 amide bonds. The van der Waals surface area contributed by atoms with Crippen molar-refractivity contribution in [1.29, 1.82) is 0 Å². The second-order valence-electron chi connectivity index (χ2n) is 7.74. The van der Waals surface area contributed by atoms with Gasteiger partial charge in [-0.2, -0.15) is 0 Å². The fourth-order valence-electron chi connectivity index (χ4n) is 4.19. The summed E-state index contributed by atoms with van der Waals surface area (Å²) in [6.07, 6.45) is 0. The van der Waals surface area contributed by atoms with Crippen molar-refractivity contribution in [2.24, 2.45) is 0 Å². The lowest BCUT2D eigenvalue weighted by Gasteiger charge is -2.25. The zero-order valence-corrected chi connectivity index (χ0v) is 18.5. The molecule has 0 aromatic heterocycles. The number of hydrogen-bond donors (Lipinski definition) is 1. The van der Waals surface area contributed by atoms with Crippen LogP contribution >= 0.6 is 0 Å². The summed E-state index contributed by atoms with van der Waals surface area (Å²) in [4.78, 5) is 32.2. The van der Waals surface area contributed by atoms with Gasteiger partial charge in [0.15, 0.2) is 17.3 Å². The van der Waals surface area contributed by atoms with Gasteiger partial charge in [0.2, 0.25) is 5.72 Å². The minimum Gasteiger partial charge on any atom is -0.493 e. The van der Waals surface area contributed by atoms with Gasteiger partial charge in [0, 0.05) is 11.1 Å². The quantitative estimate of drug-likeness (QED) is 0.565. The third-order valence-electron chi connectivity index (χ3n) is 5.83. The van der Waals surface area contributed by atoms with E-state index in [0.29, 0.717) is 22.6 Å². The Hall–Kier alpha value is -4.30. The Labute approximate surface area is 195 Å². The molecule has 1 N–H and O–H groups in total. The summed E-state index contributed by atoms with van der Waals surface area (Å²) in [5.74, 6) is -0.271. The molecule has 2 aliphatic heterocycles. The second-order valence-corrected chi connectivity index (χ2v) is 7.74. The number of carbonyl (C=O) groups is 2. The first-order chi connectivity index (χ1) is 16.5. The Morgan fingerprint density at radius 1 is 0.971 bits per heavy atom. The van der Waals surface area contributed by atoms with Crippen molar-refractivity contribution < 1.29 is 33.7 Å². The Morgan fingerprint density at radius 2 is 1.68 bits per heavy atom. The number of nitrogens with zero attached hydrogens (tertiary/aromatic N) is 1. The van der Waals surface area contributed by atoms with Crippen LogP contribution in [0.5, 0.6) is 11.5 Å². The molecule has 0 bridgehead atoms. The Balaban J connectivity index is 1.54. The molecule has 2 aliphatic rings. The smallest absolute Gasteiger partial charge is 0.343 e. The average molecular weight is 459 g/mol. The van der Waals surface area contributed by atoms with Crippen molar-refractivity contribution in [3.63, 3.8) is 0 Å². The van der Waals surface area contributed by atoms with Gasteiger partial charge in [0.25, 0.3) is 5.91 Å². The van der Waals surface area contributed by atoms with Crippen molar-refractivity contribution in [2.75, 3.05) is 14.2 Å². The van der Waals surface area contributed by atoms with Gasteiger partial charge in [-0.1, -0.05) is 54.6 Å². The van der Waals surface area contributed by atoms with Gasteiger partial charge in [0.1, 0.15) is 12.2 Å². The molecule has 8 heteroatoms. The second kappa shape index (κ2) is 8.24. The third kappa shape index (κ3) is 3.19. The number of fused-ring (bicyclic) bond motifs is 3. The van der Waals surface area contributed by atoms with E-state index >= 15 is 0 Å². The number of rotatable bonds is 6. The van der Waals surface area contributed by atoms with Crippen LogP contribution in [0.15, 0.2) is 78.4 Å². The molecule has 0 saturated heterocycles. The zero-order valence-electron chi connectivity index (χ0n) is 18.5. The highest BCUT2D eigenvalue weighted by Gasteiger charge is 2.61. The molecule has 172 valence electrons. The first kappa shape index (κ1) is 21.5. The number of hydroxylamine groups is 2. The Morgan fingerprint density at radius 3 is 2.41 bits per heavy atom. The molecule has 1 atom stereocenters. The molecular formula is C26H21NO7. The van der Waals surface area contributed by atoms with Gasteiger partial charge < -0.3 is 24.2 Å². The van der Waals surface area contributed by atoms with E-state index in [4.69, 9.17) is 19.0 Å². The van der Waals surface area contributed by atoms with E-state index in [2.05, 4.69) is 0 Å². The number of carbonyl (C=O) groups excluding carboxylic acids is 2. The van der Waals surface area contributed by atoms with Crippen molar-refractivity contribution in [3.8, 4) is 11.5 Å². The van der Waals surface area contributed by atoms with Gasteiger partial charge in [0.05, 0.1) is 19.8 Å². The molecule has 1 unspecified atom stereocenters. The predicted molar refractivity (Wildman–Crippen MR) is 120 cm³/mol. The van der Waals surface area contributed by atoms with Crippen LogP contribution in [-0.2, 0) is 26.7 Å². The SMILES string of the molecule is COc1ccc(COC(=O)C2=C(c3ccccc3)ON3C(=O)c4ccccc4C23O)cc1OC. The van der Waals surface area contributed by atoms with Crippen LogP contribution in [-0.4, -0.2) is 36.3 Å². The topological polar surface area (TPSA) is 94.5 Å². The van der Waals surface area contributed by atoms with Gasteiger partial charge in [-0.05, 0) is 23.8 Å². The van der Waals surface area contributed by atoms with Crippen LogP contribution in [0.3, 0.4) is 0 Å². The van der Waals surface area contributed by atoms with E-state index in [1.807, 2.05) is 6.07 Å². The molecule has 2 heterocycles. The van der Waals surface area contributed by atoms with E-state index in [0.717, 1.165) is 5.06 Å². The number of methoxy groups -OCH3 is 2. The standard InChI is InChI=1S/C26H21NO7/c1-31-20-13-12-16(14-21(20)32-2)15-33-25(29)22-23(17-8-4-3-5-9-17)34-27-24(28)18-10-6-7-11-19(18)26(22,27)30/h3-14,30H,15H2,1-2H3. The first-order valence-electron chi connectivity index (χ1n) is 10.5. The number of amides is 1. The van der Waals surface area contributed by atoms with Gasteiger partial charge in [-0.3, -0.25) is 4.79 Å². The lowest BCUT2D eigenvalue weighted by molar-refractivity contribution is -0.183. The van der Waals surface area contributed by atoms with Crippen molar-refractivity contribution >= 4 is 17.6 Å².